The molecule has 0 atom stereocenters. The normalized spacial score (nSPS) is 21.9. The van der Waals surface area contributed by atoms with Crippen LogP contribution in [0.15, 0.2) is 48.8 Å². The minimum atomic E-state index is -0.518. The molecule has 4 aromatic rings. The number of anilines is 3. The van der Waals surface area contributed by atoms with Crippen LogP contribution in [0.3, 0.4) is 0 Å². The molecule has 2 amide bonds. The Balaban J connectivity index is 1.18. The SMILES string of the molecule is CCNC(=O)c1cc(Nc2nc(-c3ccc4c(c3)N(C3CC(N5CCCCC5)C3)C(=O)C43CCOCC3)cc3ncn(C(C)C)c23)ccc1C. The van der Waals surface area contributed by atoms with E-state index in [1.165, 1.54) is 32.4 Å². The predicted octanol–water partition coefficient (Wildman–Crippen LogP) is 6.89. The van der Waals surface area contributed by atoms with Gasteiger partial charge in [-0.05, 0) is 115 Å². The van der Waals surface area contributed by atoms with Gasteiger partial charge in [-0.15, -0.1) is 0 Å². The molecule has 3 aliphatic heterocycles. The minimum absolute atomic E-state index is 0.0963. The zero-order valence-corrected chi connectivity index (χ0v) is 29.8. The van der Waals surface area contributed by atoms with Crippen molar-refractivity contribution >= 4 is 40.0 Å². The molecule has 0 radical (unpaired) electrons. The molecular weight excluding hydrogens is 626 g/mol. The number of nitrogens with zero attached hydrogens (tertiary/aromatic N) is 5. The van der Waals surface area contributed by atoms with E-state index in [4.69, 9.17) is 14.7 Å². The molecule has 2 aromatic heterocycles. The summed E-state index contributed by atoms with van der Waals surface area (Å²) in [5.41, 5.74) is 7.44. The summed E-state index contributed by atoms with van der Waals surface area (Å²) in [6.45, 7) is 12.3. The number of imidazole rings is 1. The van der Waals surface area contributed by atoms with Crippen LogP contribution in [0.25, 0.3) is 22.3 Å². The molecule has 50 heavy (non-hydrogen) atoms. The molecule has 0 unspecified atom stereocenters. The van der Waals surface area contributed by atoms with Gasteiger partial charge in [0.25, 0.3) is 5.91 Å². The summed E-state index contributed by atoms with van der Waals surface area (Å²) >= 11 is 0. The maximum Gasteiger partial charge on any atom is 0.251 e. The van der Waals surface area contributed by atoms with Gasteiger partial charge in [-0.2, -0.15) is 0 Å². The van der Waals surface area contributed by atoms with Crippen molar-refractivity contribution < 1.29 is 14.3 Å². The summed E-state index contributed by atoms with van der Waals surface area (Å²) < 4.78 is 7.91. The monoisotopic (exact) mass is 675 g/mol. The van der Waals surface area contributed by atoms with E-state index in [-0.39, 0.29) is 23.9 Å². The third-order valence-corrected chi connectivity index (χ3v) is 11.6. The lowest BCUT2D eigenvalue weighted by atomic mass is 9.75. The van der Waals surface area contributed by atoms with E-state index in [0.29, 0.717) is 37.2 Å². The molecule has 3 fully saturated rings. The molecule has 4 aliphatic rings. The molecular formula is C40H49N7O3. The molecule has 1 aliphatic carbocycles. The van der Waals surface area contributed by atoms with Gasteiger partial charge in [0.15, 0.2) is 5.82 Å². The van der Waals surface area contributed by atoms with Gasteiger partial charge < -0.3 is 29.7 Å². The van der Waals surface area contributed by atoms with Gasteiger partial charge in [0.2, 0.25) is 5.91 Å². The number of ether oxygens (including phenoxy) is 1. The topological polar surface area (TPSA) is 105 Å². The molecule has 2 N–H and O–H groups in total. The van der Waals surface area contributed by atoms with Crippen LogP contribution in [0.5, 0.6) is 0 Å². The maximum atomic E-state index is 14.5. The number of carbonyl (C=O) groups is 2. The molecule has 5 heterocycles. The first-order valence-electron chi connectivity index (χ1n) is 18.6. The van der Waals surface area contributed by atoms with Gasteiger partial charge in [0.05, 0.1) is 23.0 Å². The lowest BCUT2D eigenvalue weighted by molar-refractivity contribution is -0.127. The number of aryl methyl sites for hydroxylation is 1. The van der Waals surface area contributed by atoms with Crippen molar-refractivity contribution in [1.29, 1.82) is 0 Å². The molecule has 1 spiro atoms. The van der Waals surface area contributed by atoms with E-state index in [1.807, 2.05) is 38.4 Å². The standard InChI is InChI=1S/C40H49N7O3/c1-5-41-38(48)31-20-28(11-9-26(31)4)43-37-36-34(42-24-46(36)25(2)3)23-33(44-37)27-10-12-32-35(19-27)47(39(49)40(32)13-17-50-18-14-40)30-21-29(22-30)45-15-7-6-8-16-45/h9-12,19-20,23-25,29-30H,5-8,13-18,21-22H2,1-4H3,(H,41,48)(H,43,44). The summed E-state index contributed by atoms with van der Waals surface area (Å²) in [4.78, 5) is 42.2. The highest BCUT2D eigenvalue weighted by Gasteiger charge is 2.55. The Morgan fingerprint density at radius 3 is 2.54 bits per heavy atom. The first-order chi connectivity index (χ1) is 24.3. The molecule has 1 saturated carbocycles. The number of amides is 2. The van der Waals surface area contributed by atoms with E-state index >= 15 is 0 Å². The van der Waals surface area contributed by atoms with Crippen molar-refractivity contribution in [2.24, 2.45) is 0 Å². The number of nitrogens with one attached hydrogen (secondary N) is 2. The third-order valence-electron chi connectivity index (χ3n) is 11.6. The Labute approximate surface area is 294 Å². The Morgan fingerprint density at radius 2 is 1.80 bits per heavy atom. The Morgan fingerprint density at radius 1 is 1.02 bits per heavy atom. The van der Waals surface area contributed by atoms with Crippen LogP contribution in [-0.4, -0.2) is 76.2 Å². The van der Waals surface area contributed by atoms with Crippen LogP contribution >= 0.6 is 0 Å². The second kappa shape index (κ2) is 13.1. The molecule has 262 valence electrons. The van der Waals surface area contributed by atoms with Gasteiger partial charge in [0, 0.05) is 60.4 Å². The van der Waals surface area contributed by atoms with Crippen LogP contribution in [-0.2, 0) is 14.9 Å². The fourth-order valence-corrected chi connectivity index (χ4v) is 8.69. The number of likely N-dealkylation sites (tertiary alicyclic amines) is 1. The Kier molecular flexibility index (Phi) is 8.63. The highest BCUT2D eigenvalue weighted by atomic mass is 16.5. The van der Waals surface area contributed by atoms with E-state index in [0.717, 1.165) is 70.5 Å². The van der Waals surface area contributed by atoms with Crippen LogP contribution in [0.2, 0.25) is 0 Å². The number of carbonyl (C=O) groups excluding carboxylic acids is 2. The summed E-state index contributed by atoms with van der Waals surface area (Å²) in [6, 6.07) is 15.3. The molecule has 8 rings (SSSR count). The average molecular weight is 676 g/mol. The van der Waals surface area contributed by atoms with Crippen molar-refractivity contribution in [2.45, 2.75) is 96.2 Å². The van der Waals surface area contributed by atoms with Crippen molar-refractivity contribution in [3.63, 3.8) is 0 Å². The largest absolute Gasteiger partial charge is 0.381 e. The first kappa shape index (κ1) is 32.9. The molecule has 0 bridgehead atoms. The van der Waals surface area contributed by atoms with E-state index in [2.05, 4.69) is 63.1 Å². The van der Waals surface area contributed by atoms with Gasteiger partial charge in [-0.25, -0.2) is 9.97 Å². The van der Waals surface area contributed by atoms with Crippen molar-refractivity contribution in [2.75, 3.05) is 43.1 Å². The highest BCUT2D eigenvalue weighted by molar-refractivity contribution is 6.09. The van der Waals surface area contributed by atoms with E-state index < -0.39 is 5.41 Å². The van der Waals surface area contributed by atoms with Gasteiger partial charge in [-0.1, -0.05) is 24.6 Å². The van der Waals surface area contributed by atoms with Crippen molar-refractivity contribution in [3.8, 4) is 11.3 Å². The fourth-order valence-electron chi connectivity index (χ4n) is 8.69. The molecule has 10 nitrogen and oxygen atoms in total. The van der Waals surface area contributed by atoms with Crippen LogP contribution in [0.1, 0.15) is 93.2 Å². The maximum absolute atomic E-state index is 14.5. The Hall–Kier alpha value is -4.28. The summed E-state index contributed by atoms with van der Waals surface area (Å²) in [5.74, 6) is 0.826. The predicted molar refractivity (Wildman–Crippen MR) is 197 cm³/mol. The number of rotatable bonds is 8. The third kappa shape index (κ3) is 5.57. The number of hydrogen-bond donors (Lipinski definition) is 2. The number of fused-ring (bicyclic) bond motifs is 3. The van der Waals surface area contributed by atoms with E-state index in [9.17, 15) is 9.59 Å². The number of aromatic nitrogens is 3. The van der Waals surface area contributed by atoms with Gasteiger partial charge in [-0.3, -0.25) is 9.59 Å². The quantitative estimate of drug-likeness (QED) is 0.210. The Bertz CT molecular complexity index is 1930. The summed E-state index contributed by atoms with van der Waals surface area (Å²) in [5, 5.41) is 6.48. The highest BCUT2D eigenvalue weighted by Crippen LogP contribution is 2.52. The van der Waals surface area contributed by atoms with Gasteiger partial charge in [0.1, 0.15) is 5.52 Å². The fraction of sp³-hybridized carbons (Fsp3) is 0.500. The molecule has 2 saturated heterocycles. The lowest BCUT2D eigenvalue weighted by Gasteiger charge is -2.48. The van der Waals surface area contributed by atoms with E-state index in [1.54, 1.807) is 0 Å². The molecule has 10 heteroatoms. The van der Waals surface area contributed by atoms with Crippen LogP contribution in [0.4, 0.5) is 17.2 Å². The average Bonchev–Trinajstić information content (AvgIpc) is 3.64. The number of benzene rings is 2. The van der Waals surface area contributed by atoms with Crippen molar-refractivity contribution in [3.05, 3.63) is 65.5 Å². The number of pyridine rings is 1. The zero-order chi connectivity index (χ0) is 34.6. The first-order valence-corrected chi connectivity index (χ1v) is 18.6. The smallest absolute Gasteiger partial charge is 0.251 e. The minimum Gasteiger partial charge on any atom is -0.381 e. The van der Waals surface area contributed by atoms with Gasteiger partial charge >= 0.3 is 0 Å². The lowest BCUT2D eigenvalue weighted by Crippen LogP contribution is -2.57. The second-order valence-electron chi connectivity index (χ2n) is 15.0. The number of hydrogen-bond acceptors (Lipinski definition) is 7. The summed E-state index contributed by atoms with van der Waals surface area (Å²) in [7, 11) is 0. The zero-order valence-electron chi connectivity index (χ0n) is 29.8. The second-order valence-corrected chi connectivity index (χ2v) is 15.0. The number of piperidine rings is 1. The van der Waals surface area contributed by atoms with Crippen molar-refractivity contribution in [1.82, 2.24) is 24.8 Å². The van der Waals surface area contributed by atoms with Crippen LogP contribution < -0.4 is 15.5 Å². The summed E-state index contributed by atoms with van der Waals surface area (Å²) in [6.07, 6.45) is 9.25. The van der Waals surface area contributed by atoms with Crippen LogP contribution in [0, 0.1) is 6.92 Å². The molecule has 2 aromatic carbocycles.